The van der Waals surface area contributed by atoms with Crippen molar-refractivity contribution in [1.29, 1.82) is 0 Å². The summed E-state index contributed by atoms with van der Waals surface area (Å²) >= 11 is -0.0897. The average molecular weight is 386 g/mol. The molecule has 1 aliphatic carbocycles. The lowest BCUT2D eigenvalue weighted by Crippen LogP contribution is -2.39. The Balaban J connectivity index is 0.000000948. The van der Waals surface area contributed by atoms with E-state index in [-0.39, 0.29) is 22.2 Å². The Bertz CT molecular complexity index is 789. The number of rotatable bonds is 3. The molecule has 1 saturated carbocycles. The van der Waals surface area contributed by atoms with Gasteiger partial charge in [-0.25, -0.2) is 4.52 Å². The maximum atomic E-state index is 12.8. The molecule has 26 heavy (non-hydrogen) atoms. The minimum absolute atomic E-state index is 0.0813. The van der Waals surface area contributed by atoms with Gasteiger partial charge < -0.3 is 10.2 Å². The van der Waals surface area contributed by atoms with Gasteiger partial charge in [-0.15, -0.1) is 0 Å². The van der Waals surface area contributed by atoms with Crippen LogP contribution in [0.1, 0.15) is 32.4 Å². The second-order valence-electron chi connectivity index (χ2n) is 6.86. The quantitative estimate of drug-likeness (QED) is 0.769. The van der Waals surface area contributed by atoms with Crippen molar-refractivity contribution in [2.75, 3.05) is 25.5 Å². The normalized spacial score (nSPS) is 25.4. The van der Waals surface area contributed by atoms with Crippen molar-refractivity contribution in [1.82, 2.24) is 14.5 Å². The molecule has 2 atom stereocenters. The van der Waals surface area contributed by atoms with Crippen LogP contribution in [0.2, 0.25) is 0 Å². The summed E-state index contributed by atoms with van der Waals surface area (Å²) in [6, 6.07) is 5.38. The number of aryl methyl sites for hydroxylation is 1. The third-order valence-corrected chi connectivity index (χ3v) is 6.01. The van der Waals surface area contributed by atoms with Crippen LogP contribution in [0.15, 0.2) is 23.1 Å². The molecule has 2 aromatic heterocycles. The average Bonchev–Trinajstić information content (AvgIpc) is 3.19. The van der Waals surface area contributed by atoms with Crippen molar-refractivity contribution < 1.29 is 13.2 Å². The highest BCUT2D eigenvalue weighted by Crippen LogP contribution is 2.51. The fraction of sp³-hybridized carbons (Fsp3) is 0.611. The molecule has 2 fully saturated rings. The number of hydrogen-bond acceptors (Lipinski definition) is 4. The number of thioether (sulfide) groups is 1. The van der Waals surface area contributed by atoms with Crippen molar-refractivity contribution in [3.05, 3.63) is 23.9 Å². The molecule has 8 heteroatoms. The van der Waals surface area contributed by atoms with E-state index in [9.17, 15) is 13.2 Å². The van der Waals surface area contributed by atoms with E-state index in [2.05, 4.69) is 22.4 Å². The zero-order valence-corrected chi connectivity index (χ0v) is 16.3. The molecule has 2 aliphatic rings. The van der Waals surface area contributed by atoms with Gasteiger partial charge in [-0.05, 0) is 56.6 Å². The monoisotopic (exact) mass is 386 g/mol. The molecule has 0 radical (unpaired) electrons. The maximum Gasteiger partial charge on any atom is 0.446 e. The van der Waals surface area contributed by atoms with Gasteiger partial charge in [0.05, 0.1) is 16.1 Å². The Morgan fingerprint density at radius 2 is 2.04 bits per heavy atom. The lowest BCUT2D eigenvalue weighted by atomic mass is 10.1. The van der Waals surface area contributed by atoms with Crippen LogP contribution in [0.5, 0.6) is 0 Å². The van der Waals surface area contributed by atoms with Gasteiger partial charge in [-0.3, -0.25) is 0 Å². The van der Waals surface area contributed by atoms with Gasteiger partial charge in [0.1, 0.15) is 5.82 Å². The number of halogens is 3. The third-order valence-electron chi connectivity index (χ3n) is 5.07. The highest BCUT2D eigenvalue weighted by molar-refractivity contribution is 8.00. The summed E-state index contributed by atoms with van der Waals surface area (Å²) in [4.78, 5) is 2.51. The first-order valence-electron chi connectivity index (χ1n) is 8.98. The zero-order chi connectivity index (χ0) is 19.1. The molecule has 0 amide bonds. The van der Waals surface area contributed by atoms with E-state index in [1.54, 1.807) is 23.6 Å². The number of piperidine rings is 1. The topological polar surface area (TPSA) is 32.6 Å². The molecule has 1 saturated heterocycles. The van der Waals surface area contributed by atoms with Crippen LogP contribution in [0.4, 0.5) is 19.0 Å². The van der Waals surface area contributed by atoms with Gasteiger partial charge in [0.15, 0.2) is 0 Å². The van der Waals surface area contributed by atoms with Crippen LogP contribution in [0.25, 0.3) is 5.52 Å². The molecule has 0 spiro atoms. The summed E-state index contributed by atoms with van der Waals surface area (Å²) in [5, 5.41) is 7.93. The molecule has 4 nitrogen and oxygen atoms in total. The molecular formula is C18H25F3N4S. The summed E-state index contributed by atoms with van der Waals surface area (Å²) in [6.07, 6.45) is 2.16. The number of hydrogen-bond donors (Lipinski definition) is 1. The summed E-state index contributed by atoms with van der Waals surface area (Å²) < 4.78 is 40.0. The summed E-state index contributed by atoms with van der Waals surface area (Å²) in [5.41, 5.74) is -3.33. The summed E-state index contributed by atoms with van der Waals surface area (Å²) in [7, 11) is 2.13. The van der Waals surface area contributed by atoms with E-state index in [1.807, 2.05) is 19.9 Å². The van der Waals surface area contributed by atoms with Gasteiger partial charge in [-0.2, -0.15) is 18.3 Å². The number of fused-ring (bicyclic) bond motifs is 2. The number of nitrogens with one attached hydrogen (secondary N) is 1. The molecule has 0 bridgehead atoms. The van der Waals surface area contributed by atoms with Gasteiger partial charge in [0.25, 0.3) is 0 Å². The van der Waals surface area contributed by atoms with Crippen molar-refractivity contribution in [3.8, 4) is 0 Å². The zero-order valence-electron chi connectivity index (χ0n) is 15.5. The lowest BCUT2D eigenvalue weighted by molar-refractivity contribution is -0.0328. The summed E-state index contributed by atoms with van der Waals surface area (Å²) in [5.74, 6) is 1.38. The van der Waals surface area contributed by atoms with Crippen LogP contribution >= 0.6 is 11.8 Å². The molecular weight excluding hydrogens is 361 g/mol. The predicted octanol–water partition coefficient (Wildman–Crippen LogP) is 4.79. The molecule has 4 rings (SSSR count). The van der Waals surface area contributed by atoms with E-state index in [4.69, 9.17) is 0 Å². The van der Waals surface area contributed by atoms with E-state index in [0.29, 0.717) is 17.1 Å². The van der Waals surface area contributed by atoms with Gasteiger partial charge in [-0.1, -0.05) is 19.9 Å². The first-order chi connectivity index (χ1) is 12.3. The molecule has 1 N–H and O–H groups in total. The van der Waals surface area contributed by atoms with Crippen LogP contribution < -0.4 is 5.32 Å². The Kier molecular flexibility index (Phi) is 5.18. The van der Waals surface area contributed by atoms with E-state index >= 15 is 0 Å². The van der Waals surface area contributed by atoms with E-state index in [1.165, 1.54) is 0 Å². The fourth-order valence-corrected chi connectivity index (χ4v) is 4.43. The maximum absolute atomic E-state index is 12.8. The highest BCUT2D eigenvalue weighted by atomic mass is 32.2. The van der Waals surface area contributed by atoms with Crippen molar-refractivity contribution in [3.63, 3.8) is 0 Å². The number of likely N-dealkylation sites (tertiary alicyclic amines) is 1. The Morgan fingerprint density at radius 1 is 1.31 bits per heavy atom. The van der Waals surface area contributed by atoms with Crippen LogP contribution in [0.3, 0.4) is 0 Å². The first-order valence-corrected chi connectivity index (χ1v) is 9.80. The number of pyridine rings is 1. The summed E-state index contributed by atoms with van der Waals surface area (Å²) in [6.45, 7) is 7.72. The minimum Gasteiger partial charge on any atom is -0.364 e. The number of alkyl halides is 3. The third kappa shape index (κ3) is 3.67. The SMILES string of the molecule is CC.Cc1nn2c(NC34CCN(C)CC3C4)cccc2c1SC(F)(F)F. The Morgan fingerprint density at radius 3 is 2.69 bits per heavy atom. The first kappa shape index (κ1) is 19.4. The fourth-order valence-electron chi connectivity index (χ4n) is 3.75. The van der Waals surface area contributed by atoms with E-state index in [0.717, 1.165) is 31.7 Å². The number of aromatic nitrogens is 2. The standard InChI is InChI=1S/C16H19F3N4S.C2H6/c1-10-14(24-16(17,18)19)12-4-3-5-13(23(12)21-10)20-15-6-7-22(2)9-11(15)8-15;1-2/h3-5,11,20H,6-9H2,1-2H3;1-2H3. The second kappa shape index (κ2) is 6.96. The minimum atomic E-state index is -4.31. The lowest BCUT2D eigenvalue weighted by Gasteiger charge is -2.30. The molecule has 0 aromatic carbocycles. The van der Waals surface area contributed by atoms with Gasteiger partial charge >= 0.3 is 5.51 Å². The Labute approximate surface area is 156 Å². The highest BCUT2D eigenvalue weighted by Gasteiger charge is 2.56. The Hall–Kier alpha value is -1.41. The number of nitrogens with zero attached hydrogens (tertiary/aromatic N) is 3. The smallest absolute Gasteiger partial charge is 0.364 e. The van der Waals surface area contributed by atoms with Crippen molar-refractivity contribution in [2.45, 2.75) is 49.6 Å². The second-order valence-corrected chi connectivity index (χ2v) is 7.94. The van der Waals surface area contributed by atoms with E-state index < -0.39 is 5.51 Å². The molecule has 1 aliphatic heterocycles. The van der Waals surface area contributed by atoms with Gasteiger partial charge in [0.2, 0.25) is 0 Å². The van der Waals surface area contributed by atoms with Crippen molar-refractivity contribution >= 4 is 23.1 Å². The molecule has 2 unspecified atom stereocenters. The largest absolute Gasteiger partial charge is 0.446 e. The van der Waals surface area contributed by atoms with Crippen molar-refractivity contribution in [2.24, 2.45) is 5.92 Å². The predicted molar refractivity (Wildman–Crippen MR) is 99.8 cm³/mol. The van der Waals surface area contributed by atoms with Crippen LogP contribution in [-0.2, 0) is 0 Å². The number of anilines is 1. The molecule has 144 valence electrons. The van der Waals surface area contributed by atoms with Crippen LogP contribution in [-0.4, -0.2) is 45.7 Å². The van der Waals surface area contributed by atoms with Gasteiger partial charge in [0, 0.05) is 18.6 Å². The van der Waals surface area contributed by atoms with Crippen LogP contribution in [0, 0.1) is 12.8 Å². The molecule has 2 aromatic rings. The molecule has 3 heterocycles.